The van der Waals surface area contributed by atoms with Crippen molar-refractivity contribution in [1.29, 1.82) is 10.5 Å². The van der Waals surface area contributed by atoms with E-state index in [-0.39, 0.29) is 0 Å². The number of carbonyl (C=O) groups excluding carboxylic acids is 2. The lowest BCUT2D eigenvalue weighted by Crippen LogP contribution is -2.53. The number of hydrogen-bond acceptors (Lipinski definition) is 6. The summed E-state index contributed by atoms with van der Waals surface area (Å²) in [7, 11) is 0. The Morgan fingerprint density at radius 2 is 1.19 bits per heavy atom. The first kappa shape index (κ1) is 13.9. The van der Waals surface area contributed by atoms with E-state index in [1.54, 1.807) is 12.1 Å². The number of esters is 2. The molecule has 0 aliphatic heterocycles. The summed E-state index contributed by atoms with van der Waals surface area (Å²) in [6, 6.07) is 3.33. The highest BCUT2D eigenvalue weighted by Gasteiger charge is 2.52. The summed E-state index contributed by atoms with van der Waals surface area (Å²) in [6.07, 6.45) is 0. The van der Waals surface area contributed by atoms with Gasteiger partial charge < -0.3 is 9.47 Å². The van der Waals surface area contributed by atoms with Gasteiger partial charge in [0.2, 0.25) is 11.2 Å². The molecule has 0 amide bonds. The van der Waals surface area contributed by atoms with E-state index in [2.05, 4.69) is 0 Å². The van der Waals surface area contributed by atoms with Crippen molar-refractivity contribution in [2.45, 2.75) is 38.9 Å². The minimum atomic E-state index is -1.85. The van der Waals surface area contributed by atoms with E-state index < -0.39 is 23.1 Å². The van der Waals surface area contributed by atoms with Crippen molar-refractivity contribution in [3.05, 3.63) is 0 Å². The van der Waals surface area contributed by atoms with Gasteiger partial charge >= 0.3 is 11.9 Å². The van der Waals surface area contributed by atoms with Crippen LogP contribution in [-0.4, -0.2) is 23.1 Å². The van der Waals surface area contributed by atoms with Gasteiger partial charge in [0.25, 0.3) is 0 Å². The van der Waals surface area contributed by atoms with Crippen LogP contribution in [0.1, 0.15) is 27.7 Å². The fourth-order valence-electron chi connectivity index (χ4n) is 1.03. The van der Waals surface area contributed by atoms with Crippen LogP contribution in [0.15, 0.2) is 0 Å². The average molecular weight is 224 g/mol. The highest BCUT2D eigenvalue weighted by atomic mass is 16.6. The topological polar surface area (TPSA) is 100 Å². The molecule has 0 rings (SSSR count). The van der Waals surface area contributed by atoms with Crippen LogP contribution in [0.5, 0.6) is 0 Å². The molecule has 2 unspecified atom stereocenters. The van der Waals surface area contributed by atoms with Crippen molar-refractivity contribution in [3.63, 3.8) is 0 Å². The molecule has 2 atom stereocenters. The lowest BCUT2D eigenvalue weighted by Gasteiger charge is -2.33. The molecule has 0 saturated heterocycles. The van der Waals surface area contributed by atoms with E-state index in [0.29, 0.717) is 0 Å². The standard InChI is InChI=1S/C10H12N2O4/c1-7(13)15-9(3,5-11)10(4,6-12)16-8(2)14/h1-4H3. The quantitative estimate of drug-likeness (QED) is 0.653. The summed E-state index contributed by atoms with van der Waals surface area (Å²) < 4.78 is 9.49. The molecule has 0 aromatic heterocycles. The minimum absolute atomic E-state index is 0.738. The van der Waals surface area contributed by atoms with Gasteiger partial charge in [-0.3, -0.25) is 9.59 Å². The van der Waals surface area contributed by atoms with Gasteiger partial charge in [0.05, 0.1) is 0 Å². The minimum Gasteiger partial charge on any atom is -0.439 e. The van der Waals surface area contributed by atoms with E-state index >= 15 is 0 Å². The van der Waals surface area contributed by atoms with E-state index in [1.807, 2.05) is 0 Å². The van der Waals surface area contributed by atoms with Gasteiger partial charge in [-0.1, -0.05) is 0 Å². The number of rotatable bonds is 3. The van der Waals surface area contributed by atoms with Crippen LogP contribution in [-0.2, 0) is 19.1 Å². The molecule has 0 aliphatic rings. The Bertz CT molecular complexity index is 355. The van der Waals surface area contributed by atoms with Gasteiger partial charge in [0.1, 0.15) is 12.1 Å². The van der Waals surface area contributed by atoms with Gasteiger partial charge in [-0.25, -0.2) is 0 Å². The first-order valence-corrected chi connectivity index (χ1v) is 4.42. The molecule has 0 aromatic rings. The molecule has 6 heteroatoms. The number of carbonyl (C=O) groups is 2. The molecule has 0 heterocycles. The second-order valence-corrected chi connectivity index (χ2v) is 3.48. The Hall–Kier alpha value is -2.08. The molecular weight excluding hydrogens is 212 g/mol. The average Bonchev–Trinajstić information content (AvgIpc) is 2.15. The predicted octanol–water partition coefficient (Wildman–Crippen LogP) is 0.677. The first-order valence-electron chi connectivity index (χ1n) is 4.42. The fourth-order valence-corrected chi connectivity index (χ4v) is 1.03. The molecule has 0 bridgehead atoms. The summed E-state index contributed by atoms with van der Waals surface area (Å²) in [5, 5.41) is 17.9. The molecule has 86 valence electrons. The summed E-state index contributed by atoms with van der Waals surface area (Å²) in [6.45, 7) is 4.61. The van der Waals surface area contributed by atoms with Gasteiger partial charge in [-0.15, -0.1) is 0 Å². The van der Waals surface area contributed by atoms with Crippen LogP contribution in [0.2, 0.25) is 0 Å². The Kier molecular flexibility index (Phi) is 4.02. The third-order valence-corrected chi connectivity index (χ3v) is 2.03. The van der Waals surface area contributed by atoms with Gasteiger partial charge in [-0.05, 0) is 13.8 Å². The molecule has 0 saturated carbocycles. The van der Waals surface area contributed by atoms with Crippen molar-refractivity contribution in [2.24, 2.45) is 0 Å². The number of ether oxygens (including phenoxy) is 2. The van der Waals surface area contributed by atoms with E-state index in [4.69, 9.17) is 20.0 Å². The molecule has 0 radical (unpaired) electrons. The molecule has 0 aromatic carbocycles. The smallest absolute Gasteiger partial charge is 0.304 e. The Morgan fingerprint density at radius 1 is 0.938 bits per heavy atom. The van der Waals surface area contributed by atoms with Crippen LogP contribution in [0.4, 0.5) is 0 Å². The fraction of sp³-hybridized carbons (Fsp3) is 0.600. The van der Waals surface area contributed by atoms with Crippen molar-refractivity contribution in [3.8, 4) is 12.1 Å². The number of nitriles is 2. The Balaban J connectivity index is 5.34. The molecule has 0 spiro atoms. The van der Waals surface area contributed by atoms with E-state index in [1.165, 1.54) is 13.8 Å². The third kappa shape index (κ3) is 2.71. The Labute approximate surface area is 93.4 Å². The third-order valence-electron chi connectivity index (χ3n) is 2.03. The normalized spacial score (nSPS) is 16.9. The van der Waals surface area contributed by atoms with Crippen molar-refractivity contribution in [1.82, 2.24) is 0 Å². The van der Waals surface area contributed by atoms with Crippen LogP contribution in [0.25, 0.3) is 0 Å². The van der Waals surface area contributed by atoms with Gasteiger partial charge in [0, 0.05) is 13.8 Å². The Morgan fingerprint density at radius 3 is 1.31 bits per heavy atom. The monoisotopic (exact) mass is 224 g/mol. The maximum absolute atomic E-state index is 10.8. The van der Waals surface area contributed by atoms with E-state index in [9.17, 15) is 9.59 Å². The molecule has 0 N–H and O–H groups in total. The molecule has 0 aliphatic carbocycles. The van der Waals surface area contributed by atoms with Gasteiger partial charge in [-0.2, -0.15) is 10.5 Å². The predicted molar refractivity (Wildman–Crippen MR) is 51.6 cm³/mol. The number of hydrogen-bond donors (Lipinski definition) is 0. The summed E-state index contributed by atoms with van der Waals surface area (Å²) in [5.74, 6) is -1.48. The zero-order valence-corrected chi connectivity index (χ0v) is 9.53. The van der Waals surface area contributed by atoms with Crippen molar-refractivity contribution >= 4 is 11.9 Å². The van der Waals surface area contributed by atoms with E-state index in [0.717, 1.165) is 13.8 Å². The highest BCUT2D eigenvalue weighted by molar-refractivity contribution is 5.69. The lowest BCUT2D eigenvalue weighted by molar-refractivity contribution is -0.181. The van der Waals surface area contributed by atoms with Crippen molar-refractivity contribution in [2.75, 3.05) is 0 Å². The maximum Gasteiger partial charge on any atom is 0.304 e. The molecule has 0 fully saturated rings. The zero-order chi connectivity index (χ0) is 13.0. The maximum atomic E-state index is 10.8. The van der Waals surface area contributed by atoms with Crippen LogP contribution in [0, 0.1) is 22.7 Å². The second kappa shape index (κ2) is 4.63. The van der Waals surface area contributed by atoms with Gasteiger partial charge in [0.15, 0.2) is 0 Å². The SMILES string of the molecule is CC(=O)OC(C)(C#N)C(C)(C#N)OC(C)=O. The van der Waals surface area contributed by atoms with Crippen LogP contribution >= 0.6 is 0 Å². The zero-order valence-electron chi connectivity index (χ0n) is 9.53. The first-order chi connectivity index (χ1) is 7.20. The largest absolute Gasteiger partial charge is 0.439 e. The lowest BCUT2D eigenvalue weighted by atomic mass is 9.88. The highest BCUT2D eigenvalue weighted by Crippen LogP contribution is 2.29. The van der Waals surface area contributed by atoms with Crippen LogP contribution in [0.3, 0.4) is 0 Å². The second-order valence-electron chi connectivity index (χ2n) is 3.48. The summed E-state index contributed by atoms with van der Waals surface area (Å²) in [5.41, 5.74) is -3.70. The van der Waals surface area contributed by atoms with Crippen molar-refractivity contribution < 1.29 is 19.1 Å². The van der Waals surface area contributed by atoms with Crippen LogP contribution < -0.4 is 0 Å². The number of nitrogens with zero attached hydrogens (tertiary/aromatic N) is 2. The molecular formula is C10H12N2O4. The molecule has 6 nitrogen and oxygen atoms in total. The summed E-state index contributed by atoms with van der Waals surface area (Å²) >= 11 is 0. The molecule has 16 heavy (non-hydrogen) atoms. The summed E-state index contributed by atoms with van der Waals surface area (Å²) in [4.78, 5) is 21.7.